The van der Waals surface area contributed by atoms with Gasteiger partial charge >= 0.3 is 0 Å². The molecule has 0 fully saturated rings. The number of hydrogen-bond acceptors (Lipinski definition) is 4. The van der Waals surface area contributed by atoms with Crippen molar-refractivity contribution in [2.45, 2.75) is 12.7 Å². The van der Waals surface area contributed by atoms with Crippen LogP contribution in [0, 0.1) is 0 Å². The smallest absolute Gasteiger partial charge is 0.253 e. The molecule has 1 aliphatic rings. The first-order valence-electron chi connectivity index (χ1n) is 6.89. The highest BCUT2D eigenvalue weighted by Crippen LogP contribution is 2.27. The van der Waals surface area contributed by atoms with Gasteiger partial charge in [-0.1, -0.05) is 29.4 Å². The van der Waals surface area contributed by atoms with Crippen LogP contribution in [0.3, 0.4) is 0 Å². The molecule has 108 valence electrons. The third kappa shape index (κ3) is 3.23. The van der Waals surface area contributed by atoms with Gasteiger partial charge in [-0.2, -0.15) is 0 Å². The van der Waals surface area contributed by atoms with Gasteiger partial charge in [0.25, 0.3) is 6.29 Å². The lowest BCUT2D eigenvalue weighted by molar-refractivity contribution is -0.152. The van der Waals surface area contributed by atoms with Crippen molar-refractivity contribution in [1.29, 1.82) is 0 Å². The first-order valence-corrected chi connectivity index (χ1v) is 6.89. The molecular formula is C17H17NO3. The highest BCUT2D eigenvalue weighted by Gasteiger charge is 2.21. The topological polar surface area (TPSA) is 40.0 Å². The molecule has 4 nitrogen and oxygen atoms in total. The van der Waals surface area contributed by atoms with E-state index in [0.717, 1.165) is 23.3 Å². The van der Waals surface area contributed by atoms with Crippen molar-refractivity contribution in [3.8, 4) is 5.75 Å². The van der Waals surface area contributed by atoms with Gasteiger partial charge in [-0.15, -0.1) is 0 Å². The van der Waals surface area contributed by atoms with Crippen molar-refractivity contribution in [1.82, 2.24) is 0 Å². The van der Waals surface area contributed by atoms with Crippen molar-refractivity contribution in [3.63, 3.8) is 0 Å². The lowest BCUT2D eigenvalue weighted by atomic mass is 10.0. The first-order chi connectivity index (χ1) is 10.4. The predicted molar refractivity (Wildman–Crippen MR) is 80.5 cm³/mol. The van der Waals surface area contributed by atoms with Gasteiger partial charge in [-0.25, -0.2) is 0 Å². The van der Waals surface area contributed by atoms with E-state index in [0.29, 0.717) is 6.61 Å². The zero-order valence-electron chi connectivity index (χ0n) is 11.9. The van der Waals surface area contributed by atoms with Gasteiger partial charge in [0.15, 0.2) is 0 Å². The number of hydrogen-bond donors (Lipinski definition) is 0. The fourth-order valence-electron chi connectivity index (χ4n) is 2.28. The van der Waals surface area contributed by atoms with Crippen LogP contribution in [0.1, 0.15) is 23.0 Å². The zero-order valence-corrected chi connectivity index (χ0v) is 11.9. The van der Waals surface area contributed by atoms with E-state index in [9.17, 15) is 0 Å². The summed E-state index contributed by atoms with van der Waals surface area (Å²) in [5.74, 6) is 0.817. The second kappa shape index (κ2) is 6.41. The second-order valence-electron chi connectivity index (χ2n) is 4.76. The van der Waals surface area contributed by atoms with E-state index in [2.05, 4.69) is 11.2 Å². The third-order valence-corrected chi connectivity index (χ3v) is 3.42. The van der Waals surface area contributed by atoms with Crippen molar-refractivity contribution >= 4 is 6.21 Å². The van der Waals surface area contributed by atoms with E-state index >= 15 is 0 Å². The molecular weight excluding hydrogens is 266 g/mol. The third-order valence-electron chi connectivity index (χ3n) is 3.42. The molecule has 1 atom stereocenters. The van der Waals surface area contributed by atoms with Crippen LogP contribution < -0.4 is 4.74 Å². The van der Waals surface area contributed by atoms with Crippen LogP contribution in [0.15, 0.2) is 53.7 Å². The largest absolute Gasteiger partial charge is 0.497 e. The molecule has 2 aromatic rings. The van der Waals surface area contributed by atoms with E-state index in [1.165, 1.54) is 5.56 Å². The van der Waals surface area contributed by atoms with E-state index < -0.39 is 6.29 Å². The Morgan fingerprint density at radius 1 is 1.14 bits per heavy atom. The Kier molecular flexibility index (Phi) is 4.17. The molecule has 3 rings (SSSR count). The van der Waals surface area contributed by atoms with Crippen LogP contribution >= 0.6 is 0 Å². The highest BCUT2D eigenvalue weighted by atomic mass is 16.8. The van der Waals surface area contributed by atoms with E-state index in [-0.39, 0.29) is 0 Å². The molecule has 1 unspecified atom stereocenters. The Balaban J connectivity index is 1.66. The maximum absolute atomic E-state index is 5.62. The Labute approximate surface area is 123 Å². The maximum Gasteiger partial charge on any atom is 0.253 e. The van der Waals surface area contributed by atoms with Crippen LogP contribution in [0.25, 0.3) is 0 Å². The Hall–Kier alpha value is -2.33. The lowest BCUT2D eigenvalue weighted by Gasteiger charge is -2.23. The summed E-state index contributed by atoms with van der Waals surface area (Å²) in [6, 6.07) is 15.7. The number of rotatable bonds is 4. The SMILES string of the molecule is COc1ccc(/C=N/OC2OCCc3ccccc32)cc1. The Morgan fingerprint density at radius 3 is 2.76 bits per heavy atom. The van der Waals surface area contributed by atoms with Gasteiger partial charge in [0.2, 0.25) is 0 Å². The van der Waals surface area contributed by atoms with Crippen LogP contribution in [0.4, 0.5) is 0 Å². The molecule has 0 saturated carbocycles. The monoisotopic (exact) mass is 283 g/mol. The average molecular weight is 283 g/mol. The fraction of sp³-hybridized carbons (Fsp3) is 0.235. The summed E-state index contributed by atoms with van der Waals surface area (Å²) in [4.78, 5) is 5.49. The molecule has 21 heavy (non-hydrogen) atoms. The van der Waals surface area contributed by atoms with E-state index in [4.69, 9.17) is 14.3 Å². The van der Waals surface area contributed by atoms with Gasteiger partial charge in [-0.05, 0) is 41.8 Å². The molecule has 1 heterocycles. The van der Waals surface area contributed by atoms with Gasteiger partial charge in [0.1, 0.15) is 5.75 Å². The van der Waals surface area contributed by atoms with Crippen molar-refractivity contribution in [2.75, 3.05) is 13.7 Å². The molecule has 4 heteroatoms. The number of nitrogens with zero attached hydrogens (tertiary/aromatic N) is 1. The van der Waals surface area contributed by atoms with Gasteiger partial charge in [-0.3, -0.25) is 0 Å². The first kappa shape index (κ1) is 13.6. The minimum Gasteiger partial charge on any atom is -0.497 e. The Bertz CT molecular complexity index is 622. The lowest BCUT2D eigenvalue weighted by Crippen LogP contribution is -2.17. The summed E-state index contributed by atoms with van der Waals surface area (Å²) in [6.07, 6.45) is 2.16. The normalized spacial score (nSPS) is 17.5. The van der Waals surface area contributed by atoms with Crippen molar-refractivity contribution in [2.24, 2.45) is 5.16 Å². The number of benzene rings is 2. The summed E-state index contributed by atoms with van der Waals surface area (Å²) in [7, 11) is 1.64. The summed E-state index contributed by atoms with van der Waals surface area (Å²) < 4.78 is 10.7. The van der Waals surface area contributed by atoms with Crippen molar-refractivity contribution in [3.05, 3.63) is 65.2 Å². The van der Waals surface area contributed by atoms with E-state index in [1.807, 2.05) is 42.5 Å². The van der Waals surface area contributed by atoms with Crippen LogP contribution in [-0.4, -0.2) is 19.9 Å². The second-order valence-corrected chi connectivity index (χ2v) is 4.76. The highest BCUT2D eigenvalue weighted by molar-refractivity contribution is 5.79. The van der Waals surface area contributed by atoms with Gasteiger partial charge in [0.05, 0.1) is 19.9 Å². The molecule has 0 saturated heterocycles. The average Bonchev–Trinajstić information content (AvgIpc) is 2.56. The minimum atomic E-state index is -0.426. The summed E-state index contributed by atoms with van der Waals surface area (Å²) in [5, 5.41) is 4.03. The molecule has 1 aliphatic heterocycles. The zero-order chi connectivity index (χ0) is 14.5. The molecule has 0 spiro atoms. The molecule has 0 amide bonds. The number of methoxy groups -OCH3 is 1. The molecule has 0 aromatic heterocycles. The van der Waals surface area contributed by atoms with Crippen LogP contribution in [-0.2, 0) is 16.0 Å². The minimum absolute atomic E-state index is 0.426. The van der Waals surface area contributed by atoms with Gasteiger partial charge < -0.3 is 14.3 Å². The molecule has 0 aliphatic carbocycles. The standard InChI is InChI=1S/C17H17NO3/c1-19-15-8-6-13(7-9-15)12-18-21-17-16-5-3-2-4-14(16)10-11-20-17/h2-9,12,17H,10-11H2,1H3/b18-12+. The quantitative estimate of drug-likeness (QED) is 0.638. The molecule has 0 radical (unpaired) electrons. The number of fused-ring (bicyclic) bond motifs is 1. The maximum atomic E-state index is 5.62. The summed E-state index contributed by atoms with van der Waals surface area (Å²) >= 11 is 0. The molecule has 0 bridgehead atoms. The summed E-state index contributed by atoms with van der Waals surface area (Å²) in [5.41, 5.74) is 3.25. The van der Waals surface area contributed by atoms with Gasteiger partial charge in [0, 0.05) is 5.56 Å². The van der Waals surface area contributed by atoms with Crippen molar-refractivity contribution < 1.29 is 14.3 Å². The Morgan fingerprint density at radius 2 is 1.95 bits per heavy atom. The predicted octanol–water partition coefficient (Wildman–Crippen LogP) is 3.32. The fourth-order valence-corrected chi connectivity index (χ4v) is 2.28. The number of oxime groups is 1. The summed E-state index contributed by atoms with van der Waals surface area (Å²) in [6.45, 7) is 0.653. The molecule has 0 N–H and O–H groups in total. The van der Waals surface area contributed by atoms with Crippen LogP contribution in [0.5, 0.6) is 5.75 Å². The van der Waals surface area contributed by atoms with E-state index in [1.54, 1.807) is 13.3 Å². The number of ether oxygens (including phenoxy) is 2. The molecule has 2 aromatic carbocycles. The van der Waals surface area contributed by atoms with Crippen LogP contribution in [0.2, 0.25) is 0 Å².